The van der Waals surface area contributed by atoms with Crippen LogP contribution in [0.3, 0.4) is 0 Å². The van der Waals surface area contributed by atoms with Crippen molar-refractivity contribution < 1.29 is 0 Å². The quantitative estimate of drug-likeness (QED) is 0.617. The van der Waals surface area contributed by atoms with Crippen LogP contribution in [-0.4, -0.2) is 26.0 Å². The monoisotopic (exact) mass is 173 g/mol. The van der Waals surface area contributed by atoms with E-state index in [9.17, 15) is 0 Å². The summed E-state index contributed by atoms with van der Waals surface area (Å²) < 4.78 is 0. The van der Waals surface area contributed by atoms with E-state index in [1.165, 1.54) is 38.5 Å². The molecule has 1 aliphatic carbocycles. The Morgan fingerprint density at radius 1 is 0.833 bits per heavy atom. The van der Waals surface area contributed by atoms with Crippen molar-refractivity contribution in [1.29, 1.82) is 0 Å². The number of unbranched alkanes of at least 4 members (excludes halogenated alkanes) is 2. The molecule has 12 heavy (non-hydrogen) atoms. The molecule has 1 aliphatic rings. The lowest BCUT2D eigenvalue weighted by atomic mass is 10.3. The van der Waals surface area contributed by atoms with Gasteiger partial charge in [-0.2, -0.15) is 0 Å². The molecule has 76 valence electrons. The summed E-state index contributed by atoms with van der Waals surface area (Å²) in [5, 5.41) is 0. The largest absolute Gasteiger partial charge is 0.312 e. The minimum absolute atomic E-state index is 1.34. The lowest BCUT2D eigenvalue weighted by molar-refractivity contribution is 0.505. The van der Waals surface area contributed by atoms with Crippen LogP contribution in [0.1, 0.15) is 52.4 Å². The number of nitrogens with zero attached hydrogens (tertiary/aromatic N) is 1. The van der Waals surface area contributed by atoms with Gasteiger partial charge < -0.3 is 4.90 Å². The Labute approximate surface area is 79.2 Å². The fraction of sp³-hybridized carbons (Fsp3) is 1.00. The molecule has 1 heteroatoms. The topological polar surface area (TPSA) is 3.24 Å². The summed E-state index contributed by atoms with van der Waals surface area (Å²) in [5.41, 5.74) is 0. The Kier molecular flexibility index (Phi) is 16.3. The molecule has 1 nitrogen and oxygen atoms in total. The molecule has 0 heterocycles. The predicted octanol–water partition coefficient (Wildman–Crippen LogP) is 3.54. The highest BCUT2D eigenvalue weighted by Gasteiger charge is 1.95. The van der Waals surface area contributed by atoms with Crippen LogP contribution in [0.25, 0.3) is 0 Å². The third-order valence-electron chi connectivity index (χ3n) is 1.06. The Hall–Kier alpha value is -0.0400. The Balaban J connectivity index is 0. The van der Waals surface area contributed by atoms with Gasteiger partial charge >= 0.3 is 0 Å². The lowest BCUT2D eigenvalue weighted by Gasteiger charge is -1.90. The van der Waals surface area contributed by atoms with E-state index < -0.39 is 0 Å². The normalized spacial score (nSPS) is 12.5. The standard InChI is InChI=1S/C5H12.C3H9N.C3H6/c1-3-5-4-2;1-4(2)3;1-2-3-1/h3-5H2,1-2H3;1-3H3;1-3H2. The van der Waals surface area contributed by atoms with Crippen molar-refractivity contribution in [3.8, 4) is 0 Å². The Morgan fingerprint density at radius 2 is 1.08 bits per heavy atom. The molecule has 0 unspecified atom stereocenters. The highest BCUT2D eigenvalue weighted by atomic mass is 15.0. The molecule has 0 atom stereocenters. The molecule has 1 saturated carbocycles. The van der Waals surface area contributed by atoms with Crippen molar-refractivity contribution in [2.45, 2.75) is 52.4 Å². The SMILES string of the molecule is C1CC1.CCCCC.CN(C)C. The first-order valence-corrected chi connectivity index (χ1v) is 5.26. The zero-order valence-corrected chi connectivity index (χ0v) is 9.69. The fourth-order valence-corrected chi connectivity index (χ4v) is 0.354. The van der Waals surface area contributed by atoms with Gasteiger partial charge in [-0.15, -0.1) is 0 Å². The third-order valence-corrected chi connectivity index (χ3v) is 1.06. The second-order valence-electron chi connectivity index (χ2n) is 3.76. The van der Waals surface area contributed by atoms with E-state index in [0.29, 0.717) is 0 Å². The first-order chi connectivity index (χ1) is 5.65. The van der Waals surface area contributed by atoms with Crippen LogP contribution in [0.15, 0.2) is 0 Å². The van der Waals surface area contributed by atoms with Crippen LogP contribution in [0.4, 0.5) is 0 Å². The van der Waals surface area contributed by atoms with Gasteiger partial charge in [-0.05, 0) is 21.1 Å². The molecule has 0 N–H and O–H groups in total. The minimum atomic E-state index is 1.34. The third kappa shape index (κ3) is 91.3. The molecular weight excluding hydrogens is 146 g/mol. The smallest absolute Gasteiger partial charge is 0.0140 e. The molecule has 0 aromatic heterocycles. The first kappa shape index (κ1) is 14.5. The van der Waals surface area contributed by atoms with E-state index in [1.807, 2.05) is 26.0 Å². The molecule has 0 aromatic rings. The minimum Gasteiger partial charge on any atom is -0.312 e. The molecule has 0 radical (unpaired) electrons. The van der Waals surface area contributed by atoms with E-state index in [-0.39, 0.29) is 0 Å². The second-order valence-corrected chi connectivity index (χ2v) is 3.76. The average molecular weight is 173 g/mol. The average Bonchev–Trinajstić information content (AvgIpc) is 2.71. The summed E-state index contributed by atoms with van der Waals surface area (Å²) in [6, 6.07) is 0. The van der Waals surface area contributed by atoms with Gasteiger partial charge in [-0.25, -0.2) is 0 Å². The highest BCUT2D eigenvalue weighted by Crippen LogP contribution is 2.14. The van der Waals surface area contributed by atoms with E-state index in [0.717, 1.165) is 0 Å². The van der Waals surface area contributed by atoms with Crippen molar-refractivity contribution >= 4 is 0 Å². The van der Waals surface area contributed by atoms with E-state index >= 15 is 0 Å². The first-order valence-electron chi connectivity index (χ1n) is 5.26. The molecular formula is C11H27N. The molecule has 0 saturated heterocycles. The van der Waals surface area contributed by atoms with Gasteiger partial charge in [-0.1, -0.05) is 52.4 Å². The van der Waals surface area contributed by atoms with Crippen molar-refractivity contribution in [3.63, 3.8) is 0 Å². The molecule has 1 fully saturated rings. The van der Waals surface area contributed by atoms with Gasteiger partial charge in [-0.3, -0.25) is 0 Å². The summed E-state index contributed by atoms with van der Waals surface area (Å²) in [6.07, 6.45) is 8.58. The summed E-state index contributed by atoms with van der Waals surface area (Å²) in [5.74, 6) is 0. The maximum Gasteiger partial charge on any atom is -0.0140 e. The molecule has 0 aliphatic heterocycles. The van der Waals surface area contributed by atoms with Gasteiger partial charge in [0.25, 0.3) is 0 Å². The highest BCUT2D eigenvalue weighted by molar-refractivity contribution is 4.50. The van der Waals surface area contributed by atoms with E-state index in [2.05, 4.69) is 13.8 Å². The summed E-state index contributed by atoms with van der Waals surface area (Å²) in [4.78, 5) is 2.00. The lowest BCUT2D eigenvalue weighted by Crippen LogP contribution is -1.99. The molecule has 1 rings (SSSR count). The van der Waals surface area contributed by atoms with Gasteiger partial charge in [0.15, 0.2) is 0 Å². The van der Waals surface area contributed by atoms with E-state index in [1.54, 1.807) is 0 Å². The van der Waals surface area contributed by atoms with Crippen molar-refractivity contribution in [2.24, 2.45) is 0 Å². The number of hydrogen-bond donors (Lipinski definition) is 0. The maximum atomic E-state index is 2.21. The summed E-state index contributed by atoms with van der Waals surface area (Å²) in [6.45, 7) is 4.42. The van der Waals surface area contributed by atoms with Crippen LogP contribution < -0.4 is 0 Å². The van der Waals surface area contributed by atoms with Crippen molar-refractivity contribution in [2.75, 3.05) is 21.1 Å². The zero-order valence-electron chi connectivity index (χ0n) is 9.69. The van der Waals surface area contributed by atoms with Crippen LogP contribution >= 0.6 is 0 Å². The van der Waals surface area contributed by atoms with Crippen LogP contribution in [0, 0.1) is 0 Å². The van der Waals surface area contributed by atoms with Crippen LogP contribution in [-0.2, 0) is 0 Å². The van der Waals surface area contributed by atoms with Crippen molar-refractivity contribution in [1.82, 2.24) is 4.90 Å². The predicted molar refractivity (Wildman–Crippen MR) is 58.7 cm³/mol. The molecule has 0 bridgehead atoms. The number of hydrogen-bond acceptors (Lipinski definition) is 1. The molecule has 0 amide bonds. The van der Waals surface area contributed by atoms with Crippen molar-refractivity contribution in [3.05, 3.63) is 0 Å². The number of rotatable bonds is 2. The Bertz CT molecular complexity index is 50.5. The summed E-state index contributed by atoms with van der Waals surface area (Å²) in [7, 11) is 6.00. The fourth-order valence-electron chi connectivity index (χ4n) is 0.354. The van der Waals surface area contributed by atoms with Gasteiger partial charge in [0, 0.05) is 0 Å². The molecule has 0 aromatic carbocycles. The van der Waals surface area contributed by atoms with Gasteiger partial charge in [0.2, 0.25) is 0 Å². The van der Waals surface area contributed by atoms with Crippen LogP contribution in [0.2, 0.25) is 0 Å². The Morgan fingerprint density at radius 3 is 1.08 bits per heavy atom. The zero-order chi connectivity index (χ0) is 9.82. The molecule has 0 spiro atoms. The maximum absolute atomic E-state index is 2.21. The van der Waals surface area contributed by atoms with Gasteiger partial charge in [0.05, 0.1) is 0 Å². The van der Waals surface area contributed by atoms with Gasteiger partial charge in [0.1, 0.15) is 0 Å². The summed E-state index contributed by atoms with van der Waals surface area (Å²) >= 11 is 0. The van der Waals surface area contributed by atoms with Crippen LogP contribution in [0.5, 0.6) is 0 Å². The van der Waals surface area contributed by atoms with E-state index in [4.69, 9.17) is 0 Å². The second kappa shape index (κ2) is 13.5.